The van der Waals surface area contributed by atoms with E-state index in [1.165, 1.54) is 0 Å². The number of carbonyl (C=O) groups is 1. The smallest absolute Gasteiger partial charge is 0.235 e. The van der Waals surface area contributed by atoms with Crippen molar-refractivity contribution in [3.8, 4) is 5.75 Å². The maximum Gasteiger partial charge on any atom is 0.235 e. The predicted octanol–water partition coefficient (Wildman–Crippen LogP) is 2.76. The summed E-state index contributed by atoms with van der Waals surface area (Å²) in [6.45, 7) is 0.493. The summed E-state index contributed by atoms with van der Waals surface area (Å²) in [4.78, 5) is 11.1. The second kappa shape index (κ2) is 5.38. The molecule has 1 N–H and O–H groups in total. The van der Waals surface area contributed by atoms with Crippen LogP contribution in [0.15, 0.2) is 23.6 Å². The van der Waals surface area contributed by atoms with Crippen LogP contribution in [0.1, 0.15) is 5.56 Å². The first-order chi connectivity index (χ1) is 8.26. The molecule has 17 heavy (non-hydrogen) atoms. The summed E-state index contributed by atoms with van der Waals surface area (Å²) in [6.07, 6.45) is 0. The van der Waals surface area contributed by atoms with Crippen molar-refractivity contribution in [1.29, 1.82) is 0 Å². The number of ether oxygens (including phenoxy) is 1. The van der Waals surface area contributed by atoms with E-state index >= 15 is 0 Å². The van der Waals surface area contributed by atoms with Crippen molar-refractivity contribution in [2.45, 2.75) is 6.54 Å². The normalized spacial score (nSPS) is 10.5. The lowest BCUT2D eigenvalue weighted by Crippen LogP contribution is -2.23. The maximum atomic E-state index is 11.1. The lowest BCUT2D eigenvalue weighted by atomic mass is 10.1. The Morgan fingerprint density at radius 2 is 2.29 bits per heavy atom. The molecule has 3 nitrogen and oxygen atoms in total. The van der Waals surface area contributed by atoms with Crippen LogP contribution in [0.5, 0.6) is 5.75 Å². The number of thiophene rings is 1. The maximum absolute atomic E-state index is 11.1. The number of alkyl halides is 1. The number of rotatable bonds is 4. The van der Waals surface area contributed by atoms with Crippen molar-refractivity contribution >= 4 is 38.9 Å². The topological polar surface area (TPSA) is 38.3 Å². The molecule has 0 spiro atoms. The van der Waals surface area contributed by atoms with E-state index in [1.807, 2.05) is 23.6 Å². The van der Waals surface area contributed by atoms with Gasteiger partial charge in [-0.1, -0.05) is 6.07 Å². The molecule has 0 aliphatic carbocycles. The predicted molar refractivity (Wildman–Crippen MR) is 70.9 cm³/mol. The van der Waals surface area contributed by atoms with Crippen molar-refractivity contribution in [2.24, 2.45) is 0 Å². The molecule has 2 rings (SSSR count). The molecule has 1 aromatic heterocycles. The molecular weight excluding hydrogens is 258 g/mol. The molecular formula is C12H12ClNO2S. The van der Waals surface area contributed by atoms with Gasteiger partial charge < -0.3 is 10.1 Å². The first kappa shape index (κ1) is 12.2. The van der Waals surface area contributed by atoms with Crippen LogP contribution in [-0.2, 0) is 11.3 Å². The molecule has 1 aromatic carbocycles. The summed E-state index contributed by atoms with van der Waals surface area (Å²) >= 11 is 7.07. The van der Waals surface area contributed by atoms with Gasteiger partial charge in [0.2, 0.25) is 5.91 Å². The molecule has 1 heterocycles. The van der Waals surface area contributed by atoms with E-state index in [0.29, 0.717) is 6.54 Å². The third kappa shape index (κ3) is 2.53. The summed E-state index contributed by atoms with van der Waals surface area (Å²) < 4.78 is 6.42. The molecule has 0 unspecified atom stereocenters. The fourth-order valence-electron chi connectivity index (χ4n) is 1.65. The Balaban J connectivity index is 2.29. The summed E-state index contributed by atoms with van der Waals surface area (Å²) in [5.74, 6) is 0.685. The molecule has 0 bridgehead atoms. The van der Waals surface area contributed by atoms with Crippen molar-refractivity contribution < 1.29 is 9.53 Å². The van der Waals surface area contributed by atoms with Gasteiger partial charge in [-0.05, 0) is 23.1 Å². The van der Waals surface area contributed by atoms with E-state index in [9.17, 15) is 4.79 Å². The molecule has 5 heteroatoms. The van der Waals surface area contributed by atoms with E-state index in [4.69, 9.17) is 16.3 Å². The first-order valence-electron chi connectivity index (χ1n) is 5.12. The number of nitrogens with one attached hydrogen (secondary N) is 1. The van der Waals surface area contributed by atoms with Gasteiger partial charge in [0, 0.05) is 16.6 Å². The molecule has 0 saturated carbocycles. The van der Waals surface area contributed by atoms with E-state index in [0.717, 1.165) is 21.4 Å². The third-order valence-corrected chi connectivity index (χ3v) is 3.71. The third-order valence-electron chi connectivity index (χ3n) is 2.48. The van der Waals surface area contributed by atoms with Crippen LogP contribution >= 0.6 is 22.9 Å². The van der Waals surface area contributed by atoms with Crippen LogP contribution in [-0.4, -0.2) is 18.9 Å². The number of amides is 1. The number of methoxy groups -OCH3 is 1. The number of hydrogen-bond donors (Lipinski definition) is 1. The average Bonchev–Trinajstić information content (AvgIpc) is 2.84. The molecule has 0 saturated heterocycles. The molecule has 0 radical (unpaired) electrons. The van der Waals surface area contributed by atoms with Crippen LogP contribution in [0.25, 0.3) is 10.1 Å². The Labute approximate surface area is 108 Å². The van der Waals surface area contributed by atoms with Crippen LogP contribution in [0, 0.1) is 0 Å². The summed E-state index contributed by atoms with van der Waals surface area (Å²) in [6, 6.07) is 5.90. The lowest BCUT2D eigenvalue weighted by Gasteiger charge is -2.07. The minimum atomic E-state index is -0.160. The van der Waals surface area contributed by atoms with Gasteiger partial charge in [-0.25, -0.2) is 0 Å². The average molecular weight is 270 g/mol. The number of fused-ring (bicyclic) bond motifs is 1. The standard InChI is InChI=1S/C12H12ClNO2S/c1-16-10-3-2-8(7-14-11(15)6-13)12-9(10)4-5-17-12/h2-5H,6-7H2,1H3,(H,14,15). The highest BCUT2D eigenvalue weighted by Gasteiger charge is 2.08. The van der Waals surface area contributed by atoms with Crippen molar-refractivity contribution in [2.75, 3.05) is 13.0 Å². The zero-order valence-electron chi connectivity index (χ0n) is 9.33. The highest BCUT2D eigenvalue weighted by molar-refractivity contribution is 7.17. The van der Waals surface area contributed by atoms with Crippen LogP contribution < -0.4 is 10.1 Å². The van der Waals surface area contributed by atoms with Crippen LogP contribution in [0.2, 0.25) is 0 Å². The van der Waals surface area contributed by atoms with Gasteiger partial charge in [0.15, 0.2) is 0 Å². The van der Waals surface area contributed by atoms with E-state index < -0.39 is 0 Å². The minimum absolute atomic E-state index is 0.0102. The Kier molecular flexibility index (Phi) is 3.86. The van der Waals surface area contributed by atoms with Gasteiger partial charge in [0.05, 0.1) is 7.11 Å². The summed E-state index contributed by atoms with van der Waals surface area (Å²) in [5, 5.41) is 5.86. The van der Waals surface area contributed by atoms with Gasteiger partial charge in [-0.3, -0.25) is 4.79 Å². The highest BCUT2D eigenvalue weighted by Crippen LogP contribution is 2.32. The number of hydrogen-bond acceptors (Lipinski definition) is 3. The largest absolute Gasteiger partial charge is 0.496 e. The molecule has 0 fully saturated rings. The van der Waals surface area contributed by atoms with Crippen molar-refractivity contribution in [3.05, 3.63) is 29.1 Å². The van der Waals surface area contributed by atoms with Gasteiger partial charge in [0.25, 0.3) is 0 Å². The fourth-order valence-corrected chi connectivity index (χ4v) is 2.67. The zero-order valence-corrected chi connectivity index (χ0v) is 10.9. The first-order valence-corrected chi connectivity index (χ1v) is 6.53. The SMILES string of the molecule is COc1ccc(CNC(=O)CCl)c2sccc12. The number of halogens is 1. The monoisotopic (exact) mass is 269 g/mol. The van der Waals surface area contributed by atoms with E-state index in [-0.39, 0.29) is 11.8 Å². The van der Waals surface area contributed by atoms with Gasteiger partial charge in [-0.15, -0.1) is 22.9 Å². The highest BCUT2D eigenvalue weighted by atomic mass is 35.5. The number of carbonyl (C=O) groups excluding carboxylic acids is 1. The molecule has 0 aliphatic heterocycles. The van der Waals surface area contributed by atoms with E-state index in [2.05, 4.69) is 5.32 Å². The van der Waals surface area contributed by atoms with Gasteiger partial charge >= 0.3 is 0 Å². The zero-order chi connectivity index (χ0) is 12.3. The quantitative estimate of drug-likeness (QED) is 0.867. The van der Waals surface area contributed by atoms with Crippen molar-refractivity contribution in [3.63, 3.8) is 0 Å². The summed E-state index contributed by atoms with van der Waals surface area (Å²) in [7, 11) is 1.65. The molecule has 90 valence electrons. The molecule has 1 amide bonds. The Morgan fingerprint density at radius 1 is 1.47 bits per heavy atom. The second-order valence-corrected chi connectivity index (χ2v) is 4.68. The van der Waals surface area contributed by atoms with E-state index in [1.54, 1.807) is 18.4 Å². The van der Waals surface area contributed by atoms with Crippen molar-refractivity contribution in [1.82, 2.24) is 5.32 Å². The summed E-state index contributed by atoms with van der Waals surface area (Å²) in [5.41, 5.74) is 1.08. The molecule has 0 aliphatic rings. The Hall–Kier alpha value is -1.26. The van der Waals surface area contributed by atoms with Gasteiger partial charge in [0.1, 0.15) is 11.6 Å². The minimum Gasteiger partial charge on any atom is -0.496 e. The van der Waals surface area contributed by atoms with Crippen LogP contribution in [0.3, 0.4) is 0 Å². The fraction of sp³-hybridized carbons (Fsp3) is 0.250. The van der Waals surface area contributed by atoms with Gasteiger partial charge in [-0.2, -0.15) is 0 Å². The number of benzene rings is 1. The van der Waals surface area contributed by atoms with Crippen LogP contribution in [0.4, 0.5) is 0 Å². The second-order valence-electron chi connectivity index (χ2n) is 3.50. The Bertz CT molecular complexity index is 538. The molecule has 2 aromatic rings. The Morgan fingerprint density at radius 3 is 3.00 bits per heavy atom. The lowest BCUT2D eigenvalue weighted by molar-refractivity contribution is -0.118. The molecule has 0 atom stereocenters.